The summed E-state index contributed by atoms with van der Waals surface area (Å²) in [5.41, 5.74) is 2.30. The van der Waals surface area contributed by atoms with Gasteiger partial charge in [0, 0.05) is 24.2 Å². The first kappa shape index (κ1) is 15.2. The van der Waals surface area contributed by atoms with E-state index >= 15 is 0 Å². The van der Waals surface area contributed by atoms with Gasteiger partial charge < -0.3 is 14.7 Å². The van der Waals surface area contributed by atoms with E-state index in [-0.39, 0.29) is 5.91 Å². The normalized spacial score (nSPS) is 11.1. The van der Waals surface area contributed by atoms with Gasteiger partial charge >= 0.3 is 0 Å². The molecule has 3 aromatic rings. The molecule has 0 saturated carbocycles. The summed E-state index contributed by atoms with van der Waals surface area (Å²) in [7, 11) is 3.95. The lowest BCUT2D eigenvalue weighted by Crippen LogP contribution is -2.31. The number of nitrogens with zero attached hydrogens (tertiary/aromatic N) is 2. The highest BCUT2D eigenvalue weighted by molar-refractivity contribution is 6.00. The summed E-state index contributed by atoms with van der Waals surface area (Å²) in [5.74, 6) is 0.595. The van der Waals surface area contributed by atoms with Crippen molar-refractivity contribution >= 4 is 16.8 Å². The molecule has 0 radical (unpaired) electrons. The van der Waals surface area contributed by atoms with Crippen molar-refractivity contribution < 1.29 is 9.32 Å². The zero-order valence-electron chi connectivity index (χ0n) is 13.2. The fourth-order valence-corrected chi connectivity index (χ4v) is 2.38. The molecule has 5 heteroatoms. The summed E-state index contributed by atoms with van der Waals surface area (Å²) in [6.07, 6.45) is 0. The Morgan fingerprint density at radius 1 is 1.17 bits per heavy atom. The molecule has 0 bridgehead atoms. The third kappa shape index (κ3) is 3.40. The summed E-state index contributed by atoms with van der Waals surface area (Å²) < 4.78 is 5.46. The third-order valence-electron chi connectivity index (χ3n) is 3.62. The highest BCUT2D eigenvalue weighted by Gasteiger charge is 2.13. The van der Waals surface area contributed by atoms with E-state index in [2.05, 4.69) is 10.5 Å². The maximum atomic E-state index is 12.3. The summed E-state index contributed by atoms with van der Waals surface area (Å²) in [4.78, 5) is 14.3. The zero-order valence-corrected chi connectivity index (χ0v) is 13.2. The van der Waals surface area contributed by atoms with Crippen LogP contribution < -0.4 is 5.32 Å². The Labute approximate surface area is 134 Å². The first-order valence-electron chi connectivity index (χ1n) is 7.53. The second-order valence-electron chi connectivity index (χ2n) is 5.67. The standard InChI is InChI=1S/C18H19N3O2/c1-21(2)11-10-19-18(22)14-8-9-16-15(12-14)17(23-20-16)13-6-4-3-5-7-13/h3-9,12H,10-11H2,1-2H3,(H,19,22). The van der Waals surface area contributed by atoms with E-state index in [0.717, 1.165) is 23.0 Å². The average Bonchev–Trinajstić information content (AvgIpc) is 2.98. The van der Waals surface area contributed by atoms with Crippen LogP contribution in [0.1, 0.15) is 10.4 Å². The quantitative estimate of drug-likeness (QED) is 0.787. The van der Waals surface area contributed by atoms with Gasteiger partial charge in [-0.15, -0.1) is 0 Å². The number of hydrogen-bond donors (Lipinski definition) is 1. The first-order valence-corrected chi connectivity index (χ1v) is 7.53. The van der Waals surface area contributed by atoms with Crippen molar-refractivity contribution in [1.29, 1.82) is 0 Å². The number of benzene rings is 2. The Hall–Kier alpha value is -2.66. The van der Waals surface area contributed by atoms with Gasteiger partial charge in [0.15, 0.2) is 5.76 Å². The Kier molecular flexibility index (Phi) is 4.39. The molecule has 1 amide bonds. The van der Waals surface area contributed by atoms with Crippen LogP contribution in [0.15, 0.2) is 53.1 Å². The monoisotopic (exact) mass is 309 g/mol. The highest BCUT2D eigenvalue weighted by Crippen LogP contribution is 2.29. The highest BCUT2D eigenvalue weighted by atomic mass is 16.5. The third-order valence-corrected chi connectivity index (χ3v) is 3.62. The van der Waals surface area contributed by atoms with Crippen molar-refractivity contribution in [2.24, 2.45) is 0 Å². The molecule has 3 rings (SSSR count). The van der Waals surface area contributed by atoms with Gasteiger partial charge in [-0.1, -0.05) is 35.5 Å². The van der Waals surface area contributed by atoms with E-state index in [0.29, 0.717) is 17.9 Å². The van der Waals surface area contributed by atoms with Gasteiger partial charge in [-0.05, 0) is 32.3 Å². The predicted octanol–water partition coefficient (Wildman–Crippen LogP) is 2.79. The van der Waals surface area contributed by atoms with Crippen LogP contribution in [0, 0.1) is 0 Å². The number of hydrogen-bond acceptors (Lipinski definition) is 4. The van der Waals surface area contributed by atoms with Crippen LogP contribution in [0.3, 0.4) is 0 Å². The Bertz CT molecular complexity index is 810. The molecule has 5 nitrogen and oxygen atoms in total. The predicted molar refractivity (Wildman–Crippen MR) is 90.3 cm³/mol. The van der Waals surface area contributed by atoms with E-state index in [1.165, 1.54) is 0 Å². The molecule has 0 atom stereocenters. The van der Waals surface area contributed by atoms with Gasteiger partial charge in [-0.3, -0.25) is 4.79 Å². The van der Waals surface area contributed by atoms with Crippen LogP contribution in [0.5, 0.6) is 0 Å². The Morgan fingerprint density at radius 3 is 2.70 bits per heavy atom. The molecule has 2 aromatic carbocycles. The van der Waals surface area contributed by atoms with Crippen molar-refractivity contribution in [3.63, 3.8) is 0 Å². The van der Waals surface area contributed by atoms with Gasteiger partial charge in [0.1, 0.15) is 5.52 Å². The lowest BCUT2D eigenvalue weighted by molar-refractivity contribution is 0.0951. The topological polar surface area (TPSA) is 58.4 Å². The lowest BCUT2D eigenvalue weighted by Gasteiger charge is -2.10. The summed E-state index contributed by atoms with van der Waals surface area (Å²) in [5, 5.41) is 7.83. The van der Waals surface area contributed by atoms with Crippen LogP contribution in [0.4, 0.5) is 0 Å². The number of aromatic nitrogens is 1. The van der Waals surface area contributed by atoms with Gasteiger partial charge in [-0.25, -0.2) is 0 Å². The average molecular weight is 309 g/mol. The minimum absolute atomic E-state index is 0.0889. The van der Waals surface area contributed by atoms with Gasteiger partial charge in [0.05, 0.1) is 5.39 Å². The fraction of sp³-hybridized carbons (Fsp3) is 0.222. The number of carbonyl (C=O) groups excluding carboxylic acids is 1. The maximum absolute atomic E-state index is 12.3. The Balaban J connectivity index is 1.88. The summed E-state index contributed by atoms with van der Waals surface area (Å²) in [6, 6.07) is 15.2. The molecular formula is C18H19N3O2. The second kappa shape index (κ2) is 6.62. The largest absolute Gasteiger partial charge is 0.355 e. The van der Waals surface area contributed by atoms with Crippen molar-refractivity contribution in [2.75, 3.05) is 27.2 Å². The van der Waals surface area contributed by atoms with E-state index in [9.17, 15) is 4.79 Å². The van der Waals surface area contributed by atoms with Crippen LogP contribution in [0.2, 0.25) is 0 Å². The second-order valence-corrected chi connectivity index (χ2v) is 5.67. The van der Waals surface area contributed by atoms with Crippen LogP contribution in [0.25, 0.3) is 22.2 Å². The molecule has 118 valence electrons. The molecule has 0 saturated heterocycles. The van der Waals surface area contributed by atoms with Crippen LogP contribution >= 0.6 is 0 Å². The van der Waals surface area contributed by atoms with Gasteiger partial charge in [-0.2, -0.15) is 0 Å². The van der Waals surface area contributed by atoms with E-state index in [1.807, 2.05) is 61.5 Å². The number of fused-ring (bicyclic) bond motifs is 1. The molecule has 23 heavy (non-hydrogen) atoms. The smallest absolute Gasteiger partial charge is 0.251 e. The fourth-order valence-electron chi connectivity index (χ4n) is 2.38. The lowest BCUT2D eigenvalue weighted by atomic mass is 10.1. The minimum atomic E-state index is -0.0889. The molecule has 0 unspecified atom stereocenters. The van der Waals surface area contributed by atoms with Crippen molar-refractivity contribution in [3.8, 4) is 11.3 Å². The molecular weight excluding hydrogens is 290 g/mol. The molecule has 0 spiro atoms. The molecule has 1 N–H and O–H groups in total. The summed E-state index contributed by atoms with van der Waals surface area (Å²) in [6.45, 7) is 1.41. The number of nitrogens with one attached hydrogen (secondary N) is 1. The minimum Gasteiger partial charge on any atom is -0.355 e. The number of likely N-dealkylation sites (N-methyl/N-ethyl adjacent to an activating group) is 1. The number of amides is 1. The van der Waals surface area contributed by atoms with Gasteiger partial charge in [0.2, 0.25) is 0 Å². The van der Waals surface area contributed by atoms with Crippen molar-refractivity contribution in [3.05, 3.63) is 54.1 Å². The molecule has 0 aliphatic heterocycles. The maximum Gasteiger partial charge on any atom is 0.251 e. The SMILES string of the molecule is CN(C)CCNC(=O)c1ccc2noc(-c3ccccc3)c2c1. The molecule has 0 fully saturated rings. The van der Waals surface area contributed by atoms with E-state index in [1.54, 1.807) is 6.07 Å². The molecule has 1 aromatic heterocycles. The number of carbonyl (C=O) groups is 1. The van der Waals surface area contributed by atoms with Crippen LogP contribution in [-0.2, 0) is 0 Å². The van der Waals surface area contributed by atoms with E-state index < -0.39 is 0 Å². The summed E-state index contributed by atoms with van der Waals surface area (Å²) >= 11 is 0. The van der Waals surface area contributed by atoms with Crippen molar-refractivity contribution in [1.82, 2.24) is 15.4 Å². The number of rotatable bonds is 5. The van der Waals surface area contributed by atoms with Gasteiger partial charge in [0.25, 0.3) is 5.91 Å². The first-order chi connectivity index (χ1) is 11.1. The molecule has 1 heterocycles. The van der Waals surface area contributed by atoms with E-state index in [4.69, 9.17) is 4.52 Å². The zero-order chi connectivity index (χ0) is 16.2. The molecule has 0 aliphatic carbocycles. The van der Waals surface area contributed by atoms with Crippen molar-refractivity contribution in [2.45, 2.75) is 0 Å². The Morgan fingerprint density at radius 2 is 1.96 bits per heavy atom. The van der Waals surface area contributed by atoms with Crippen LogP contribution in [-0.4, -0.2) is 43.1 Å². The molecule has 0 aliphatic rings.